The molecule has 11 aromatic rings. The van der Waals surface area contributed by atoms with Gasteiger partial charge in [0.15, 0.2) is 11.5 Å². The Morgan fingerprint density at radius 2 is 0.405 bits per heavy atom. The molecule has 11 rings (SSSR count). The zero-order valence-electron chi connectivity index (χ0n) is 41.1. The number of phenols is 3. The Morgan fingerprint density at radius 1 is 0.203 bits per heavy atom. The molecule has 0 fully saturated rings. The van der Waals surface area contributed by atoms with Gasteiger partial charge in [0.2, 0.25) is 0 Å². The fraction of sp³-hybridized carbons (Fsp3) is 0. The minimum absolute atomic E-state index is 0.118. The molecule has 0 saturated heterocycles. The van der Waals surface area contributed by atoms with Gasteiger partial charge in [-0.25, -0.2) is 0 Å². The van der Waals surface area contributed by atoms with Crippen LogP contribution in [-0.2, 0) is 0 Å². The van der Waals surface area contributed by atoms with Gasteiger partial charge >= 0.3 is 0 Å². The molecule has 0 radical (unpaired) electrons. The molecular weight excluding hydrogens is 904 g/mol. The summed E-state index contributed by atoms with van der Waals surface area (Å²) in [5.41, 5.74) is 17.5. The highest BCUT2D eigenvalue weighted by Crippen LogP contribution is 2.44. The Balaban J connectivity index is 0.885. The second kappa shape index (κ2) is 20.6. The average Bonchev–Trinajstić information content (AvgIpc) is 3.47. The van der Waals surface area contributed by atoms with Gasteiger partial charge in [0.05, 0.1) is 5.69 Å². The van der Waals surface area contributed by atoms with Crippen LogP contribution < -0.4 is 25.6 Å². The van der Waals surface area contributed by atoms with Gasteiger partial charge < -0.3 is 30.0 Å². The zero-order chi connectivity index (χ0) is 50.5. The highest BCUT2D eigenvalue weighted by molar-refractivity contribution is 6.44. The van der Waals surface area contributed by atoms with Gasteiger partial charge in [-0.1, -0.05) is 170 Å². The van der Waals surface area contributed by atoms with E-state index in [0.717, 1.165) is 78.9 Å². The molecule has 74 heavy (non-hydrogen) atoms. The first-order valence-electron chi connectivity index (χ1n) is 24.8. The fourth-order valence-corrected chi connectivity index (χ4v) is 9.74. The maximum absolute atomic E-state index is 11.7. The van der Waals surface area contributed by atoms with E-state index in [9.17, 15) is 15.3 Å². The standard InChI is InChI=1S/C66H51B2N3O3/c67-61-63(64(72)62(68)66(74)65(61)73)71(59-41-29-51(30-42-59)49-25-37-57(38-26-49)69(53-17-9-3-10-18-53)55-33-21-47(22-34-55)45-13-5-1-6-14-45)60-43-31-52(32-44-60)50-27-39-58(40-28-50)70(54-19-11-4-12-20-54)56-35-23-48(24-36-56)46-15-7-2-8-16-46/h1-44,72-74H,67-68H2. The predicted octanol–water partition coefficient (Wildman–Crippen LogP) is 14.4. The van der Waals surface area contributed by atoms with E-state index in [-0.39, 0.29) is 22.7 Å². The Hall–Kier alpha value is -9.65. The lowest BCUT2D eigenvalue weighted by Gasteiger charge is -2.29. The molecule has 0 atom stereocenters. The summed E-state index contributed by atoms with van der Waals surface area (Å²) >= 11 is 0. The van der Waals surface area contributed by atoms with E-state index in [4.69, 9.17) is 0 Å². The van der Waals surface area contributed by atoms with Crippen LogP contribution >= 0.6 is 0 Å². The maximum Gasteiger partial charge on any atom is 0.154 e. The van der Waals surface area contributed by atoms with Crippen molar-refractivity contribution in [2.24, 2.45) is 0 Å². The first-order valence-corrected chi connectivity index (χ1v) is 24.8. The number of nitrogens with zero attached hydrogens (tertiary/aromatic N) is 3. The van der Waals surface area contributed by atoms with Crippen LogP contribution in [0.25, 0.3) is 44.5 Å². The van der Waals surface area contributed by atoms with Gasteiger partial charge in [-0.3, -0.25) is 0 Å². The molecule has 3 N–H and O–H groups in total. The number of hydrogen-bond acceptors (Lipinski definition) is 6. The summed E-state index contributed by atoms with van der Waals surface area (Å²) in [7, 11) is 3.30. The molecule has 0 aliphatic heterocycles. The van der Waals surface area contributed by atoms with E-state index in [1.807, 2.05) is 53.4 Å². The fourth-order valence-electron chi connectivity index (χ4n) is 9.74. The monoisotopic (exact) mass is 955 g/mol. The molecule has 0 bridgehead atoms. The minimum Gasteiger partial charge on any atom is -0.506 e. The molecule has 0 amide bonds. The Kier molecular flexibility index (Phi) is 13.0. The second-order valence-corrected chi connectivity index (χ2v) is 18.3. The summed E-state index contributed by atoms with van der Waals surface area (Å²) in [6.45, 7) is 0. The van der Waals surface area contributed by atoms with E-state index in [2.05, 4.69) is 228 Å². The molecule has 0 unspecified atom stereocenters. The van der Waals surface area contributed by atoms with Crippen LogP contribution in [0.1, 0.15) is 0 Å². The molecule has 11 aromatic carbocycles. The van der Waals surface area contributed by atoms with Crippen LogP contribution in [0.4, 0.5) is 51.2 Å². The summed E-state index contributed by atoms with van der Waals surface area (Å²) in [5, 5.41) is 33.7. The number of anilines is 9. The molecular formula is C66H51B2N3O3. The highest BCUT2D eigenvalue weighted by Gasteiger charge is 2.25. The molecule has 0 aromatic heterocycles. The summed E-state index contributed by atoms with van der Waals surface area (Å²) < 4.78 is 0. The molecule has 6 nitrogen and oxygen atoms in total. The number of para-hydroxylation sites is 2. The quantitative estimate of drug-likeness (QED) is 0.0608. The molecule has 0 saturated carbocycles. The van der Waals surface area contributed by atoms with Crippen LogP contribution in [0, 0.1) is 0 Å². The van der Waals surface area contributed by atoms with E-state index in [0.29, 0.717) is 11.2 Å². The van der Waals surface area contributed by atoms with Crippen molar-refractivity contribution < 1.29 is 15.3 Å². The van der Waals surface area contributed by atoms with Gasteiger partial charge in [-0.05, 0) is 152 Å². The summed E-state index contributed by atoms with van der Waals surface area (Å²) in [6, 6.07) is 92.5. The van der Waals surface area contributed by atoms with Crippen molar-refractivity contribution in [3.05, 3.63) is 267 Å². The van der Waals surface area contributed by atoms with E-state index >= 15 is 0 Å². The van der Waals surface area contributed by atoms with Crippen LogP contribution in [0.2, 0.25) is 0 Å². The van der Waals surface area contributed by atoms with Gasteiger partial charge in [0.1, 0.15) is 21.4 Å². The molecule has 0 aliphatic rings. The van der Waals surface area contributed by atoms with Crippen LogP contribution in [-0.4, -0.2) is 31.0 Å². The van der Waals surface area contributed by atoms with Crippen LogP contribution in [0.3, 0.4) is 0 Å². The average molecular weight is 956 g/mol. The Labute approximate surface area is 434 Å². The van der Waals surface area contributed by atoms with E-state index in [1.54, 1.807) is 15.7 Å². The Morgan fingerprint density at radius 3 is 0.676 bits per heavy atom. The minimum atomic E-state index is -0.341. The highest BCUT2D eigenvalue weighted by atomic mass is 16.3. The number of hydrogen-bond donors (Lipinski definition) is 3. The van der Waals surface area contributed by atoms with Crippen molar-refractivity contribution in [3.63, 3.8) is 0 Å². The van der Waals surface area contributed by atoms with Gasteiger partial charge in [-0.15, -0.1) is 0 Å². The van der Waals surface area contributed by atoms with Crippen LogP contribution in [0.15, 0.2) is 267 Å². The second-order valence-electron chi connectivity index (χ2n) is 18.3. The topological polar surface area (TPSA) is 70.4 Å². The van der Waals surface area contributed by atoms with Crippen molar-refractivity contribution in [3.8, 4) is 61.8 Å². The van der Waals surface area contributed by atoms with Crippen molar-refractivity contribution in [2.45, 2.75) is 0 Å². The van der Waals surface area contributed by atoms with Gasteiger partial charge in [-0.2, -0.15) is 0 Å². The van der Waals surface area contributed by atoms with Crippen LogP contribution in [0.5, 0.6) is 17.2 Å². The SMILES string of the molecule is Bc1c(O)c(O)c(B)c(N(c2ccc(-c3ccc(N(c4ccccc4)c4ccc(-c5ccccc5)cc4)cc3)cc2)c2ccc(-c3ccc(N(c4ccccc4)c4ccc(-c5ccccc5)cc4)cc3)cc2)c1O. The largest absolute Gasteiger partial charge is 0.506 e. The van der Waals surface area contributed by atoms with Gasteiger partial charge in [0, 0.05) is 45.5 Å². The molecule has 0 heterocycles. The summed E-state index contributed by atoms with van der Waals surface area (Å²) in [5.74, 6) is -0.735. The first kappa shape index (κ1) is 46.7. The normalized spacial score (nSPS) is 11.0. The molecule has 0 aliphatic carbocycles. The lowest BCUT2D eigenvalue weighted by molar-refractivity contribution is 0.404. The van der Waals surface area contributed by atoms with Crippen molar-refractivity contribution >= 4 is 77.8 Å². The third-order valence-corrected chi connectivity index (χ3v) is 13.8. The smallest absolute Gasteiger partial charge is 0.154 e. The van der Waals surface area contributed by atoms with Gasteiger partial charge in [0.25, 0.3) is 0 Å². The number of aromatic hydroxyl groups is 3. The first-order chi connectivity index (χ1) is 36.3. The van der Waals surface area contributed by atoms with Crippen molar-refractivity contribution in [1.29, 1.82) is 0 Å². The van der Waals surface area contributed by atoms with E-state index < -0.39 is 0 Å². The lowest BCUT2D eigenvalue weighted by atomic mass is 9.83. The lowest BCUT2D eigenvalue weighted by Crippen LogP contribution is -2.23. The Bertz CT molecular complexity index is 3420. The van der Waals surface area contributed by atoms with Crippen molar-refractivity contribution in [1.82, 2.24) is 0 Å². The zero-order valence-corrected chi connectivity index (χ0v) is 41.1. The summed E-state index contributed by atoms with van der Waals surface area (Å²) in [4.78, 5) is 6.45. The summed E-state index contributed by atoms with van der Waals surface area (Å²) in [6.07, 6.45) is 0. The third-order valence-electron chi connectivity index (χ3n) is 13.8. The number of rotatable bonds is 13. The molecule has 354 valence electrons. The number of phenolic OH excluding ortho intramolecular Hbond substituents is 3. The molecule has 0 spiro atoms. The molecule has 8 heteroatoms. The van der Waals surface area contributed by atoms with E-state index in [1.165, 1.54) is 11.1 Å². The maximum atomic E-state index is 11.7. The van der Waals surface area contributed by atoms with Crippen molar-refractivity contribution in [2.75, 3.05) is 14.7 Å². The third kappa shape index (κ3) is 9.36. The number of benzene rings is 11. The predicted molar refractivity (Wildman–Crippen MR) is 314 cm³/mol.